The maximum atomic E-state index is 12.0. The van der Waals surface area contributed by atoms with Crippen LogP contribution in [0.4, 0.5) is 10.5 Å². The first kappa shape index (κ1) is 21.3. The van der Waals surface area contributed by atoms with Crippen LogP contribution in [0, 0.1) is 0 Å². The molecule has 0 N–H and O–H groups in total. The first-order valence-electron chi connectivity index (χ1n) is 10.1. The largest absolute Gasteiger partial charge is 0.460 e. The fourth-order valence-corrected chi connectivity index (χ4v) is 3.31. The van der Waals surface area contributed by atoms with Crippen LogP contribution in [-0.2, 0) is 14.2 Å². The zero-order valence-corrected chi connectivity index (χ0v) is 17.6. The van der Waals surface area contributed by atoms with E-state index in [1.165, 1.54) is 0 Å². The molecule has 1 aromatic heterocycles. The van der Waals surface area contributed by atoms with Gasteiger partial charge in [-0.15, -0.1) is 0 Å². The number of likely N-dealkylation sites (tertiary alicyclic amines) is 1. The average Bonchev–Trinajstić information content (AvgIpc) is 2.63. The van der Waals surface area contributed by atoms with Gasteiger partial charge in [-0.2, -0.15) is 0 Å². The Morgan fingerprint density at radius 2 is 1.72 bits per heavy atom. The van der Waals surface area contributed by atoms with Gasteiger partial charge in [-0.05, 0) is 40.5 Å². The van der Waals surface area contributed by atoms with Crippen molar-refractivity contribution in [3.05, 3.63) is 18.2 Å². The van der Waals surface area contributed by atoms with Crippen LogP contribution in [0.25, 0.3) is 0 Å². The van der Waals surface area contributed by atoms with Crippen LogP contribution in [0.15, 0.2) is 12.4 Å². The lowest BCUT2D eigenvalue weighted by Crippen LogP contribution is -2.57. The molecule has 9 heteroatoms. The number of carbonyl (C=O) groups is 2. The number of hydrogen-bond donors (Lipinski definition) is 0. The number of piperidine rings is 1. The van der Waals surface area contributed by atoms with Gasteiger partial charge in [-0.1, -0.05) is 0 Å². The van der Waals surface area contributed by atoms with Crippen molar-refractivity contribution < 1.29 is 23.8 Å². The lowest BCUT2D eigenvalue weighted by Gasteiger charge is -2.42. The number of carbonyl (C=O) groups excluding carboxylic acids is 2. The van der Waals surface area contributed by atoms with Crippen LogP contribution in [0.3, 0.4) is 0 Å². The third-order valence-corrected chi connectivity index (χ3v) is 4.79. The standard InChI is InChI=1S/C20H30N4O5/c1-5-27-18(25)17-21-10-14(11-22-17)23-8-6-15(7-9-23)28-16-12-24(13-16)19(26)29-20(2,3)4/h10-11,15-16H,5-9,12-13H2,1-4H3. The van der Waals surface area contributed by atoms with Crippen LogP contribution in [0.2, 0.25) is 0 Å². The van der Waals surface area contributed by atoms with Crippen molar-refractivity contribution in [1.29, 1.82) is 0 Å². The molecule has 9 nitrogen and oxygen atoms in total. The van der Waals surface area contributed by atoms with E-state index in [1.54, 1.807) is 24.2 Å². The number of ether oxygens (including phenoxy) is 3. The molecule has 2 saturated heterocycles. The van der Waals surface area contributed by atoms with E-state index >= 15 is 0 Å². The molecule has 0 atom stereocenters. The van der Waals surface area contributed by atoms with Gasteiger partial charge in [0.2, 0.25) is 5.82 Å². The van der Waals surface area contributed by atoms with Gasteiger partial charge < -0.3 is 24.0 Å². The molecule has 3 heterocycles. The molecule has 2 aliphatic rings. The van der Waals surface area contributed by atoms with Gasteiger partial charge in [0.1, 0.15) is 5.60 Å². The van der Waals surface area contributed by atoms with Crippen LogP contribution in [-0.4, -0.2) is 77.5 Å². The first-order valence-corrected chi connectivity index (χ1v) is 10.1. The minimum atomic E-state index is -0.507. The van der Waals surface area contributed by atoms with Crippen molar-refractivity contribution in [2.45, 2.75) is 58.3 Å². The zero-order valence-electron chi connectivity index (χ0n) is 17.6. The van der Waals surface area contributed by atoms with Crippen molar-refractivity contribution in [2.75, 3.05) is 37.7 Å². The second-order valence-electron chi connectivity index (χ2n) is 8.32. The molecule has 0 unspecified atom stereocenters. The van der Waals surface area contributed by atoms with E-state index in [9.17, 15) is 9.59 Å². The van der Waals surface area contributed by atoms with Crippen molar-refractivity contribution in [3.8, 4) is 0 Å². The summed E-state index contributed by atoms with van der Waals surface area (Å²) in [4.78, 5) is 35.7. The predicted octanol–water partition coefficient (Wildman–Crippen LogP) is 2.26. The second-order valence-corrected chi connectivity index (χ2v) is 8.32. The number of esters is 1. The molecular weight excluding hydrogens is 376 g/mol. The number of aromatic nitrogens is 2. The highest BCUT2D eigenvalue weighted by molar-refractivity contribution is 5.85. The van der Waals surface area contributed by atoms with Crippen molar-refractivity contribution >= 4 is 17.7 Å². The Morgan fingerprint density at radius 1 is 1.10 bits per heavy atom. The Bertz CT molecular complexity index is 705. The van der Waals surface area contributed by atoms with Gasteiger partial charge in [-0.25, -0.2) is 19.6 Å². The lowest BCUT2D eigenvalue weighted by atomic mass is 10.1. The maximum Gasteiger partial charge on any atom is 0.410 e. The quantitative estimate of drug-likeness (QED) is 0.688. The van der Waals surface area contributed by atoms with Gasteiger partial charge in [0.05, 0.1) is 50.0 Å². The smallest absolute Gasteiger partial charge is 0.410 e. The summed E-state index contributed by atoms with van der Waals surface area (Å²) < 4.78 is 16.4. The average molecular weight is 406 g/mol. The van der Waals surface area contributed by atoms with E-state index in [-0.39, 0.29) is 24.1 Å². The zero-order chi connectivity index (χ0) is 21.0. The summed E-state index contributed by atoms with van der Waals surface area (Å²) in [6.07, 6.45) is 5.07. The minimum absolute atomic E-state index is 0.0752. The van der Waals surface area contributed by atoms with Gasteiger partial charge in [-0.3, -0.25) is 0 Å². The summed E-state index contributed by atoms with van der Waals surface area (Å²) >= 11 is 0. The van der Waals surface area contributed by atoms with E-state index in [4.69, 9.17) is 14.2 Å². The molecule has 0 aliphatic carbocycles. The highest BCUT2D eigenvalue weighted by Crippen LogP contribution is 2.24. The van der Waals surface area contributed by atoms with Gasteiger partial charge in [0.15, 0.2) is 0 Å². The molecule has 1 aromatic rings. The number of hydrogen-bond acceptors (Lipinski definition) is 8. The number of anilines is 1. The Morgan fingerprint density at radius 3 is 2.28 bits per heavy atom. The van der Waals surface area contributed by atoms with Crippen LogP contribution in [0.1, 0.15) is 51.2 Å². The number of rotatable bonds is 5. The highest BCUT2D eigenvalue weighted by atomic mass is 16.6. The highest BCUT2D eigenvalue weighted by Gasteiger charge is 2.36. The summed E-state index contributed by atoms with van der Waals surface area (Å²) in [7, 11) is 0. The van der Waals surface area contributed by atoms with Gasteiger partial charge >= 0.3 is 12.1 Å². The molecule has 3 rings (SSSR count). The van der Waals surface area contributed by atoms with E-state index in [2.05, 4.69) is 14.9 Å². The fraction of sp³-hybridized carbons (Fsp3) is 0.700. The Labute approximate surface area is 171 Å². The normalized spacial score (nSPS) is 18.3. The fourth-order valence-electron chi connectivity index (χ4n) is 3.31. The summed E-state index contributed by atoms with van der Waals surface area (Å²) in [6.45, 7) is 10.5. The van der Waals surface area contributed by atoms with Crippen molar-refractivity contribution in [3.63, 3.8) is 0 Å². The van der Waals surface area contributed by atoms with Crippen molar-refractivity contribution in [1.82, 2.24) is 14.9 Å². The molecule has 160 valence electrons. The van der Waals surface area contributed by atoms with Crippen molar-refractivity contribution in [2.24, 2.45) is 0 Å². The van der Waals surface area contributed by atoms with Crippen LogP contribution < -0.4 is 4.90 Å². The summed E-state index contributed by atoms with van der Waals surface area (Å²) in [5, 5.41) is 0. The maximum absolute atomic E-state index is 12.0. The van der Waals surface area contributed by atoms with E-state index in [0.717, 1.165) is 31.6 Å². The monoisotopic (exact) mass is 406 g/mol. The van der Waals surface area contributed by atoms with Gasteiger partial charge in [0.25, 0.3) is 0 Å². The molecule has 0 spiro atoms. The number of nitrogens with zero attached hydrogens (tertiary/aromatic N) is 4. The first-order chi connectivity index (χ1) is 13.7. The molecule has 0 aromatic carbocycles. The number of amides is 1. The molecule has 0 bridgehead atoms. The van der Waals surface area contributed by atoms with Crippen LogP contribution >= 0.6 is 0 Å². The van der Waals surface area contributed by atoms with Gasteiger partial charge in [0, 0.05) is 13.1 Å². The minimum Gasteiger partial charge on any atom is -0.460 e. The summed E-state index contributed by atoms with van der Waals surface area (Å²) in [5.41, 5.74) is 0.407. The molecule has 2 fully saturated rings. The van der Waals surface area contributed by atoms with E-state index in [0.29, 0.717) is 19.7 Å². The Kier molecular flexibility index (Phi) is 6.56. The molecule has 0 radical (unpaired) electrons. The second kappa shape index (κ2) is 8.94. The third kappa shape index (κ3) is 5.79. The molecular formula is C20H30N4O5. The SMILES string of the molecule is CCOC(=O)c1ncc(N2CCC(OC3CN(C(=O)OC(C)(C)C)C3)CC2)cn1. The van der Waals surface area contributed by atoms with Crippen LogP contribution in [0.5, 0.6) is 0 Å². The Hall–Kier alpha value is -2.42. The van der Waals surface area contributed by atoms with E-state index in [1.807, 2.05) is 20.8 Å². The van der Waals surface area contributed by atoms with E-state index < -0.39 is 11.6 Å². The predicted molar refractivity (Wildman–Crippen MR) is 106 cm³/mol. The molecule has 29 heavy (non-hydrogen) atoms. The molecule has 2 aliphatic heterocycles. The molecule has 1 amide bonds. The lowest BCUT2D eigenvalue weighted by molar-refractivity contribution is -0.0981. The summed E-state index contributed by atoms with van der Waals surface area (Å²) in [5.74, 6) is -0.430. The Balaban J connectivity index is 1.39. The molecule has 0 saturated carbocycles. The topological polar surface area (TPSA) is 94.1 Å². The third-order valence-electron chi connectivity index (χ3n) is 4.79. The summed E-state index contributed by atoms with van der Waals surface area (Å²) in [6, 6.07) is 0.